The van der Waals surface area contributed by atoms with Crippen molar-refractivity contribution in [1.82, 2.24) is 10.2 Å². The van der Waals surface area contributed by atoms with E-state index in [4.69, 9.17) is 9.47 Å². The second-order valence-electron chi connectivity index (χ2n) is 5.11. The maximum absolute atomic E-state index is 12.5. The normalized spacial score (nSPS) is 21.8. The summed E-state index contributed by atoms with van der Waals surface area (Å²) in [5.41, 5.74) is -0.438. The number of rotatable bonds is 3. The van der Waals surface area contributed by atoms with Gasteiger partial charge in [0, 0.05) is 19.2 Å². The van der Waals surface area contributed by atoms with Crippen molar-refractivity contribution in [2.75, 3.05) is 33.9 Å². The Bertz CT molecular complexity index is 529. The minimum atomic E-state index is -1.00. The molecule has 1 saturated heterocycles. The van der Waals surface area contributed by atoms with Gasteiger partial charge in [0.25, 0.3) is 11.8 Å². The number of likely N-dealkylation sites (N-methyl/N-ethyl adjacent to an activating group) is 1. The Morgan fingerprint density at radius 1 is 1.33 bits per heavy atom. The molecule has 1 aliphatic heterocycles. The molecule has 1 fully saturated rings. The molecule has 2 rings (SSSR count). The number of benzene rings is 1. The van der Waals surface area contributed by atoms with E-state index in [9.17, 15) is 9.59 Å². The Labute approximate surface area is 124 Å². The van der Waals surface area contributed by atoms with E-state index in [2.05, 4.69) is 5.32 Å². The predicted molar refractivity (Wildman–Crippen MR) is 77.3 cm³/mol. The molecule has 21 heavy (non-hydrogen) atoms. The molecule has 0 radical (unpaired) electrons. The molecule has 1 N–H and O–H groups in total. The highest BCUT2D eigenvalue weighted by atomic mass is 16.5. The van der Waals surface area contributed by atoms with Gasteiger partial charge in [-0.25, -0.2) is 0 Å². The van der Waals surface area contributed by atoms with E-state index in [1.54, 1.807) is 50.2 Å². The van der Waals surface area contributed by atoms with Crippen LogP contribution in [0.4, 0.5) is 0 Å². The molecule has 6 heteroatoms. The Kier molecular flexibility index (Phi) is 4.47. The first-order chi connectivity index (χ1) is 10.00. The second-order valence-corrected chi connectivity index (χ2v) is 5.11. The Hall–Kier alpha value is -2.08. The maximum Gasteiger partial charge on any atom is 0.254 e. The number of ether oxygens (including phenoxy) is 2. The second kappa shape index (κ2) is 6.13. The van der Waals surface area contributed by atoms with Crippen molar-refractivity contribution >= 4 is 11.8 Å². The van der Waals surface area contributed by atoms with Crippen LogP contribution in [0.15, 0.2) is 24.3 Å². The average Bonchev–Trinajstić information content (AvgIpc) is 2.53. The summed E-state index contributed by atoms with van der Waals surface area (Å²) in [6.45, 7) is 2.74. The molecular formula is C15H20N2O4. The zero-order valence-corrected chi connectivity index (χ0v) is 12.5. The molecule has 114 valence electrons. The van der Waals surface area contributed by atoms with Crippen LogP contribution in [-0.2, 0) is 9.53 Å². The molecule has 0 spiro atoms. The highest BCUT2D eigenvalue weighted by Gasteiger charge is 2.40. The van der Waals surface area contributed by atoms with Crippen LogP contribution in [0.1, 0.15) is 17.3 Å². The van der Waals surface area contributed by atoms with E-state index in [0.29, 0.717) is 24.5 Å². The third-order valence-electron chi connectivity index (χ3n) is 3.61. The van der Waals surface area contributed by atoms with Gasteiger partial charge in [-0.05, 0) is 31.2 Å². The molecule has 1 aromatic carbocycles. The van der Waals surface area contributed by atoms with Gasteiger partial charge in [0.1, 0.15) is 5.75 Å². The zero-order valence-electron chi connectivity index (χ0n) is 12.5. The summed E-state index contributed by atoms with van der Waals surface area (Å²) in [5, 5.41) is 2.57. The molecule has 0 saturated carbocycles. The monoisotopic (exact) mass is 292 g/mol. The van der Waals surface area contributed by atoms with Gasteiger partial charge in [0.2, 0.25) is 0 Å². The van der Waals surface area contributed by atoms with Crippen molar-refractivity contribution < 1.29 is 19.1 Å². The van der Waals surface area contributed by atoms with Gasteiger partial charge in [-0.15, -0.1) is 0 Å². The van der Waals surface area contributed by atoms with E-state index in [0.717, 1.165) is 0 Å². The maximum atomic E-state index is 12.5. The molecule has 1 aromatic rings. The van der Waals surface area contributed by atoms with Crippen LogP contribution in [0, 0.1) is 0 Å². The van der Waals surface area contributed by atoms with E-state index in [-0.39, 0.29) is 18.4 Å². The lowest BCUT2D eigenvalue weighted by Gasteiger charge is -2.39. The summed E-state index contributed by atoms with van der Waals surface area (Å²) in [7, 11) is 3.13. The van der Waals surface area contributed by atoms with Crippen LogP contribution in [0.2, 0.25) is 0 Å². The first-order valence-corrected chi connectivity index (χ1v) is 6.79. The molecule has 1 aliphatic rings. The van der Waals surface area contributed by atoms with Gasteiger partial charge in [-0.1, -0.05) is 0 Å². The highest BCUT2D eigenvalue weighted by Crippen LogP contribution is 2.20. The third kappa shape index (κ3) is 3.16. The van der Waals surface area contributed by atoms with E-state index >= 15 is 0 Å². The molecule has 0 aromatic heterocycles. The van der Waals surface area contributed by atoms with Crippen LogP contribution in [-0.4, -0.2) is 56.2 Å². The summed E-state index contributed by atoms with van der Waals surface area (Å²) in [5.74, 6) is 0.356. The van der Waals surface area contributed by atoms with Crippen molar-refractivity contribution in [2.24, 2.45) is 0 Å². The summed E-state index contributed by atoms with van der Waals surface area (Å²) in [4.78, 5) is 26.0. The number of carbonyl (C=O) groups is 2. The molecular weight excluding hydrogens is 272 g/mol. The van der Waals surface area contributed by atoms with Gasteiger partial charge >= 0.3 is 0 Å². The van der Waals surface area contributed by atoms with Crippen molar-refractivity contribution in [3.05, 3.63) is 29.8 Å². The van der Waals surface area contributed by atoms with Gasteiger partial charge < -0.3 is 19.7 Å². The Balaban J connectivity index is 2.13. The zero-order chi connectivity index (χ0) is 15.5. The van der Waals surface area contributed by atoms with Gasteiger partial charge in [0.05, 0.1) is 20.3 Å². The van der Waals surface area contributed by atoms with Crippen LogP contribution in [0.25, 0.3) is 0 Å². The first-order valence-electron chi connectivity index (χ1n) is 6.79. The molecule has 6 nitrogen and oxygen atoms in total. The van der Waals surface area contributed by atoms with Crippen LogP contribution in [0.5, 0.6) is 5.75 Å². The molecule has 0 bridgehead atoms. The summed E-state index contributed by atoms with van der Waals surface area (Å²) in [6.07, 6.45) is 0. The number of hydrogen-bond donors (Lipinski definition) is 1. The van der Waals surface area contributed by atoms with Gasteiger partial charge in [-0.2, -0.15) is 0 Å². The lowest BCUT2D eigenvalue weighted by molar-refractivity contribution is -0.153. The fourth-order valence-electron chi connectivity index (χ4n) is 2.36. The van der Waals surface area contributed by atoms with Gasteiger partial charge in [-0.3, -0.25) is 9.59 Å². The SMILES string of the molecule is CNC(=O)C1(C)CN(C(=O)c2ccc(OC)cc2)CCO1. The van der Waals surface area contributed by atoms with Crippen molar-refractivity contribution in [1.29, 1.82) is 0 Å². The lowest BCUT2D eigenvalue weighted by Crippen LogP contribution is -2.58. The number of nitrogens with zero attached hydrogens (tertiary/aromatic N) is 1. The third-order valence-corrected chi connectivity index (χ3v) is 3.61. The van der Waals surface area contributed by atoms with Crippen LogP contribution in [0.3, 0.4) is 0 Å². The summed E-state index contributed by atoms with van der Waals surface area (Å²) in [6, 6.07) is 6.92. The van der Waals surface area contributed by atoms with Crippen molar-refractivity contribution in [2.45, 2.75) is 12.5 Å². The molecule has 0 aliphatic carbocycles. The van der Waals surface area contributed by atoms with E-state index in [1.807, 2.05) is 0 Å². The standard InChI is InChI=1S/C15H20N2O4/c1-15(14(19)16-2)10-17(8-9-21-15)13(18)11-4-6-12(20-3)7-5-11/h4-7H,8-10H2,1-3H3,(H,16,19). The minimum absolute atomic E-state index is 0.115. The van der Waals surface area contributed by atoms with Crippen LogP contribution < -0.4 is 10.1 Å². The van der Waals surface area contributed by atoms with Crippen LogP contribution >= 0.6 is 0 Å². The number of nitrogens with one attached hydrogen (secondary N) is 1. The average molecular weight is 292 g/mol. The Morgan fingerprint density at radius 2 is 2.00 bits per heavy atom. The summed E-state index contributed by atoms with van der Waals surface area (Å²) < 4.78 is 10.6. The molecule has 1 unspecified atom stereocenters. The van der Waals surface area contributed by atoms with Crippen molar-refractivity contribution in [3.8, 4) is 5.75 Å². The fourth-order valence-corrected chi connectivity index (χ4v) is 2.36. The Morgan fingerprint density at radius 3 is 2.57 bits per heavy atom. The fraction of sp³-hybridized carbons (Fsp3) is 0.467. The topological polar surface area (TPSA) is 67.9 Å². The predicted octanol–water partition coefficient (Wildman–Crippen LogP) is 0.672. The molecule has 1 heterocycles. The first kappa shape index (κ1) is 15.3. The molecule has 1 atom stereocenters. The van der Waals surface area contributed by atoms with Crippen molar-refractivity contribution in [3.63, 3.8) is 0 Å². The highest BCUT2D eigenvalue weighted by molar-refractivity contribution is 5.95. The van der Waals surface area contributed by atoms with E-state index < -0.39 is 5.60 Å². The number of carbonyl (C=O) groups excluding carboxylic acids is 2. The lowest BCUT2D eigenvalue weighted by atomic mass is 10.0. The van der Waals surface area contributed by atoms with Gasteiger partial charge in [0.15, 0.2) is 5.60 Å². The van der Waals surface area contributed by atoms with E-state index in [1.165, 1.54) is 0 Å². The minimum Gasteiger partial charge on any atom is -0.497 e. The largest absolute Gasteiger partial charge is 0.497 e. The number of morpholine rings is 1. The molecule has 2 amide bonds. The summed E-state index contributed by atoms with van der Waals surface area (Å²) >= 11 is 0. The number of hydrogen-bond acceptors (Lipinski definition) is 4. The number of methoxy groups -OCH3 is 1. The smallest absolute Gasteiger partial charge is 0.254 e. The quantitative estimate of drug-likeness (QED) is 0.889. The number of amides is 2.